The van der Waals surface area contributed by atoms with Crippen molar-refractivity contribution in [3.63, 3.8) is 0 Å². The predicted molar refractivity (Wildman–Crippen MR) is 59.8 cm³/mol. The van der Waals surface area contributed by atoms with Crippen LogP contribution in [-0.2, 0) is 0 Å². The van der Waals surface area contributed by atoms with Crippen LogP contribution in [0.3, 0.4) is 0 Å². The summed E-state index contributed by atoms with van der Waals surface area (Å²) in [6.45, 7) is 3.45. The summed E-state index contributed by atoms with van der Waals surface area (Å²) in [5.74, 6) is -0.809. The zero-order valence-electron chi connectivity index (χ0n) is 8.80. The molecule has 15 heavy (non-hydrogen) atoms. The molecule has 1 aromatic rings. The number of carbonyl (C=O) groups is 1. The van der Waals surface area contributed by atoms with Crippen molar-refractivity contribution in [2.75, 3.05) is 7.11 Å². The molecule has 0 saturated heterocycles. The molecule has 2 nitrogen and oxygen atoms in total. The molecule has 0 fully saturated rings. The molecule has 0 atom stereocenters. The highest BCUT2D eigenvalue weighted by Gasteiger charge is 2.22. The van der Waals surface area contributed by atoms with Crippen molar-refractivity contribution >= 4 is 21.7 Å². The van der Waals surface area contributed by atoms with Gasteiger partial charge in [0.1, 0.15) is 11.6 Å². The van der Waals surface area contributed by atoms with Crippen molar-refractivity contribution in [1.82, 2.24) is 0 Å². The summed E-state index contributed by atoms with van der Waals surface area (Å²) in [5, 5.41) is 0. The maximum absolute atomic E-state index is 13.5. The minimum absolute atomic E-state index is 0.0156. The minimum atomic E-state index is -0.547. The van der Waals surface area contributed by atoms with Gasteiger partial charge >= 0.3 is 0 Å². The average molecular weight is 275 g/mol. The molecule has 0 heterocycles. The van der Waals surface area contributed by atoms with E-state index in [-0.39, 0.29) is 23.0 Å². The smallest absolute Gasteiger partial charge is 0.172 e. The third-order valence-electron chi connectivity index (χ3n) is 2.03. The van der Waals surface area contributed by atoms with Crippen LogP contribution in [0, 0.1) is 11.7 Å². The van der Waals surface area contributed by atoms with Crippen LogP contribution in [0.25, 0.3) is 0 Å². The normalized spacial score (nSPS) is 10.5. The van der Waals surface area contributed by atoms with Gasteiger partial charge in [-0.3, -0.25) is 4.79 Å². The highest BCUT2D eigenvalue weighted by atomic mass is 79.9. The molecular weight excluding hydrogens is 263 g/mol. The molecule has 0 saturated carbocycles. The third kappa shape index (κ3) is 2.37. The Hall–Kier alpha value is -0.900. The maximum Gasteiger partial charge on any atom is 0.172 e. The zero-order valence-corrected chi connectivity index (χ0v) is 10.4. The quantitative estimate of drug-likeness (QED) is 0.790. The minimum Gasteiger partial charge on any atom is -0.495 e. The second kappa shape index (κ2) is 4.75. The molecule has 0 aliphatic heterocycles. The van der Waals surface area contributed by atoms with Gasteiger partial charge in [-0.25, -0.2) is 4.39 Å². The van der Waals surface area contributed by atoms with E-state index in [2.05, 4.69) is 15.9 Å². The van der Waals surface area contributed by atoms with E-state index in [1.807, 2.05) is 0 Å². The van der Waals surface area contributed by atoms with Gasteiger partial charge in [0.2, 0.25) is 0 Å². The number of hydrogen-bond donors (Lipinski definition) is 0. The lowest BCUT2D eigenvalue weighted by Crippen LogP contribution is -2.11. The highest BCUT2D eigenvalue weighted by molar-refractivity contribution is 9.10. The van der Waals surface area contributed by atoms with Crippen LogP contribution in [-0.4, -0.2) is 12.9 Å². The molecule has 1 rings (SSSR count). The highest BCUT2D eigenvalue weighted by Crippen LogP contribution is 2.32. The van der Waals surface area contributed by atoms with Gasteiger partial charge in [-0.1, -0.05) is 13.8 Å². The first kappa shape index (κ1) is 12.2. The standard InChI is InChI=1S/C11H12BrFO2/c1-6(2)10(14)9-8(13)5-4-7(12)11(9)15-3/h4-6H,1-3H3. The number of ketones is 1. The molecule has 0 N–H and O–H groups in total. The molecule has 4 heteroatoms. The van der Waals surface area contributed by atoms with Gasteiger partial charge in [-0.15, -0.1) is 0 Å². The second-order valence-corrected chi connectivity index (χ2v) is 4.31. The largest absolute Gasteiger partial charge is 0.495 e. The Kier molecular flexibility index (Phi) is 3.85. The first-order valence-electron chi connectivity index (χ1n) is 4.55. The van der Waals surface area contributed by atoms with E-state index < -0.39 is 5.82 Å². The van der Waals surface area contributed by atoms with Gasteiger partial charge in [0.15, 0.2) is 5.78 Å². The van der Waals surface area contributed by atoms with E-state index in [4.69, 9.17) is 4.74 Å². The van der Waals surface area contributed by atoms with Crippen LogP contribution in [0.15, 0.2) is 16.6 Å². The molecule has 0 amide bonds. The lowest BCUT2D eigenvalue weighted by atomic mass is 10.00. The van der Waals surface area contributed by atoms with Gasteiger partial charge in [-0.2, -0.15) is 0 Å². The van der Waals surface area contributed by atoms with Crippen molar-refractivity contribution in [3.05, 3.63) is 28.0 Å². The Morgan fingerprint density at radius 1 is 1.47 bits per heavy atom. The Labute approximate surface area is 96.6 Å². The summed E-state index contributed by atoms with van der Waals surface area (Å²) in [6, 6.07) is 2.77. The Morgan fingerprint density at radius 2 is 2.07 bits per heavy atom. The maximum atomic E-state index is 13.5. The van der Waals surface area contributed by atoms with Crippen LogP contribution in [0.2, 0.25) is 0 Å². The van der Waals surface area contributed by atoms with E-state index in [9.17, 15) is 9.18 Å². The van der Waals surface area contributed by atoms with Crippen LogP contribution in [0.5, 0.6) is 5.75 Å². The van der Waals surface area contributed by atoms with Crippen molar-refractivity contribution in [2.24, 2.45) is 5.92 Å². The van der Waals surface area contributed by atoms with Crippen molar-refractivity contribution < 1.29 is 13.9 Å². The third-order valence-corrected chi connectivity index (χ3v) is 2.66. The van der Waals surface area contributed by atoms with Gasteiger partial charge in [-0.05, 0) is 28.1 Å². The van der Waals surface area contributed by atoms with Gasteiger partial charge in [0, 0.05) is 5.92 Å². The Balaban J connectivity index is 3.37. The lowest BCUT2D eigenvalue weighted by Gasteiger charge is -2.12. The Bertz CT molecular complexity index is 388. The van der Waals surface area contributed by atoms with Crippen molar-refractivity contribution in [1.29, 1.82) is 0 Å². The summed E-state index contributed by atoms with van der Waals surface area (Å²) >= 11 is 3.21. The molecule has 0 bridgehead atoms. The van der Waals surface area contributed by atoms with E-state index in [0.29, 0.717) is 4.47 Å². The Morgan fingerprint density at radius 3 is 2.53 bits per heavy atom. The van der Waals surface area contributed by atoms with E-state index in [0.717, 1.165) is 0 Å². The fourth-order valence-electron chi connectivity index (χ4n) is 1.25. The fraction of sp³-hybridized carbons (Fsp3) is 0.364. The molecule has 0 unspecified atom stereocenters. The SMILES string of the molecule is COc1c(Br)ccc(F)c1C(=O)C(C)C. The van der Waals surface area contributed by atoms with Crippen molar-refractivity contribution in [3.8, 4) is 5.75 Å². The lowest BCUT2D eigenvalue weighted by molar-refractivity contribution is 0.0932. The van der Waals surface area contributed by atoms with Gasteiger partial charge in [0.05, 0.1) is 17.1 Å². The number of rotatable bonds is 3. The summed E-state index contributed by atoms with van der Waals surface area (Å²) in [6.07, 6.45) is 0. The van der Waals surface area contributed by atoms with Crippen LogP contribution in [0.1, 0.15) is 24.2 Å². The topological polar surface area (TPSA) is 26.3 Å². The van der Waals surface area contributed by atoms with E-state index in [1.54, 1.807) is 13.8 Å². The number of ether oxygens (including phenoxy) is 1. The molecule has 0 radical (unpaired) electrons. The van der Waals surface area contributed by atoms with E-state index >= 15 is 0 Å². The molecule has 0 aromatic heterocycles. The summed E-state index contributed by atoms with van der Waals surface area (Å²) in [5.41, 5.74) is 0.0156. The van der Waals surface area contributed by atoms with Gasteiger partial charge < -0.3 is 4.74 Å². The van der Waals surface area contributed by atoms with Crippen LogP contribution < -0.4 is 4.74 Å². The predicted octanol–water partition coefficient (Wildman–Crippen LogP) is 3.44. The average Bonchev–Trinajstić information content (AvgIpc) is 2.19. The number of halogens is 2. The number of benzene rings is 1. The summed E-state index contributed by atoms with van der Waals surface area (Å²) in [4.78, 5) is 11.8. The number of hydrogen-bond acceptors (Lipinski definition) is 2. The summed E-state index contributed by atoms with van der Waals surface area (Å²) < 4.78 is 19.1. The first-order valence-corrected chi connectivity index (χ1v) is 5.34. The second-order valence-electron chi connectivity index (χ2n) is 3.46. The van der Waals surface area contributed by atoms with Gasteiger partial charge in [0.25, 0.3) is 0 Å². The molecule has 0 aliphatic rings. The number of Topliss-reactive ketones (excluding diaryl/α,β-unsaturated/α-hetero) is 1. The summed E-state index contributed by atoms with van der Waals surface area (Å²) in [7, 11) is 1.41. The molecular formula is C11H12BrFO2. The zero-order chi connectivity index (χ0) is 11.6. The molecule has 0 aliphatic carbocycles. The first-order chi connectivity index (χ1) is 6.99. The van der Waals surface area contributed by atoms with E-state index in [1.165, 1.54) is 19.2 Å². The molecule has 82 valence electrons. The van der Waals surface area contributed by atoms with Crippen LogP contribution in [0.4, 0.5) is 4.39 Å². The van der Waals surface area contributed by atoms with Crippen LogP contribution >= 0.6 is 15.9 Å². The molecule has 1 aromatic carbocycles. The number of carbonyl (C=O) groups excluding carboxylic acids is 1. The molecule has 0 spiro atoms. The monoisotopic (exact) mass is 274 g/mol. The fourth-order valence-corrected chi connectivity index (χ4v) is 1.74. The van der Waals surface area contributed by atoms with Crippen molar-refractivity contribution in [2.45, 2.75) is 13.8 Å². The number of methoxy groups -OCH3 is 1.